The van der Waals surface area contributed by atoms with Crippen LogP contribution >= 0.6 is 0 Å². The topological polar surface area (TPSA) is 68.3 Å². The number of carbonyl (C=O) groups excluding carboxylic acids is 2. The van der Waals surface area contributed by atoms with Gasteiger partial charge in [0.05, 0.1) is 11.3 Å². The van der Waals surface area contributed by atoms with E-state index in [1.54, 1.807) is 0 Å². The Hall–Kier alpha value is -2.90. The first-order valence-electron chi connectivity index (χ1n) is 6.45. The lowest BCUT2D eigenvalue weighted by atomic mass is 10.2. The highest BCUT2D eigenvalue weighted by Gasteiger charge is 2.21. The molecule has 0 aliphatic carbocycles. The van der Waals surface area contributed by atoms with Gasteiger partial charge in [0, 0.05) is 12.4 Å². The molecule has 2 rings (SSSR count). The Morgan fingerprint density at radius 3 is 2.39 bits per heavy atom. The zero-order valence-electron chi connectivity index (χ0n) is 11.8. The summed E-state index contributed by atoms with van der Waals surface area (Å²) in [5.41, 5.74) is -0.376. The monoisotopic (exact) mass is 324 g/mol. The average molecular weight is 324 g/mol. The minimum absolute atomic E-state index is 0.179. The molecule has 0 saturated carbocycles. The summed E-state index contributed by atoms with van der Waals surface area (Å²) in [7, 11) is 0. The molecule has 0 radical (unpaired) electrons. The van der Waals surface area contributed by atoms with Gasteiger partial charge in [-0.05, 0) is 31.2 Å². The second-order valence-corrected chi connectivity index (χ2v) is 4.50. The summed E-state index contributed by atoms with van der Waals surface area (Å²) in [5.74, 6) is -6.29. The van der Waals surface area contributed by atoms with Gasteiger partial charge in [-0.3, -0.25) is 9.78 Å². The first-order valence-corrected chi connectivity index (χ1v) is 6.45. The minimum Gasteiger partial charge on any atom is -0.449 e. The SMILES string of the molecule is C[C@@H](OC(=O)c1ccncc1)C(=O)Nc1ccc(F)c(F)c1F. The van der Waals surface area contributed by atoms with Crippen LogP contribution in [0, 0.1) is 17.5 Å². The van der Waals surface area contributed by atoms with Crippen LogP contribution in [0.2, 0.25) is 0 Å². The number of ether oxygens (including phenoxy) is 1. The number of halogens is 3. The van der Waals surface area contributed by atoms with E-state index >= 15 is 0 Å². The summed E-state index contributed by atoms with van der Waals surface area (Å²) in [6.07, 6.45) is 1.47. The van der Waals surface area contributed by atoms with E-state index in [0.717, 1.165) is 6.07 Å². The largest absolute Gasteiger partial charge is 0.449 e. The third-order valence-electron chi connectivity index (χ3n) is 2.86. The van der Waals surface area contributed by atoms with Gasteiger partial charge >= 0.3 is 5.97 Å². The second-order valence-electron chi connectivity index (χ2n) is 4.50. The van der Waals surface area contributed by atoms with E-state index in [9.17, 15) is 22.8 Å². The van der Waals surface area contributed by atoms with Crippen LogP contribution in [0.25, 0.3) is 0 Å². The molecule has 1 atom stereocenters. The molecule has 1 aromatic heterocycles. The van der Waals surface area contributed by atoms with Crippen molar-refractivity contribution in [3.05, 3.63) is 59.7 Å². The highest BCUT2D eigenvalue weighted by molar-refractivity contribution is 5.97. The minimum atomic E-state index is -1.70. The molecule has 0 fully saturated rings. The van der Waals surface area contributed by atoms with Crippen molar-refractivity contribution in [2.45, 2.75) is 13.0 Å². The number of rotatable bonds is 4. The molecule has 1 aromatic carbocycles. The van der Waals surface area contributed by atoms with E-state index < -0.39 is 41.1 Å². The van der Waals surface area contributed by atoms with Crippen molar-refractivity contribution in [3.8, 4) is 0 Å². The Morgan fingerprint density at radius 2 is 1.74 bits per heavy atom. The fraction of sp³-hybridized carbons (Fsp3) is 0.133. The Morgan fingerprint density at radius 1 is 1.09 bits per heavy atom. The Kier molecular flexibility index (Phi) is 4.95. The number of nitrogens with zero attached hydrogens (tertiary/aromatic N) is 1. The normalized spacial score (nSPS) is 11.7. The lowest BCUT2D eigenvalue weighted by Gasteiger charge is -2.14. The van der Waals surface area contributed by atoms with Crippen molar-refractivity contribution in [2.24, 2.45) is 0 Å². The predicted octanol–water partition coefficient (Wildman–Crippen LogP) is 2.68. The molecule has 0 saturated heterocycles. The van der Waals surface area contributed by atoms with Gasteiger partial charge in [0.15, 0.2) is 23.6 Å². The van der Waals surface area contributed by atoms with Gasteiger partial charge in [-0.25, -0.2) is 18.0 Å². The quantitative estimate of drug-likeness (QED) is 0.693. The van der Waals surface area contributed by atoms with Crippen molar-refractivity contribution in [1.29, 1.82) is 0 Å². The molecule has 1 heterocycles. The summed E-state index contributed by atoms with van der Waals surface area (Å²) in [6.45, 7) is 1.26. The number of anilines is 1. The Bertz CT molecular complexity index is 738. The van der Waals surface area contributed by atoms with Crippen LogP contribution in [-0.2, 0) is 9.53 Å². The maximum atomic E-state index is 13.5. The number of benzene rings is 1. The zero-order valence-corrected chi connectivity index (χ0v) is 11.8. The number of pyridine rings is 1. The van der Waals surface area contributed by atoms with Crippen molar-refractivity contribution in [3.63, 3.8) is 0 Å². The number of amides is 1. The first-order chi connectivity index (χ1) is 10.9. The van der Waals surface area contributed by atoms with Crippen molar-refractivity contribution in [1.82, 2.24) is 4.98 Å². The van der Waals surface area contributed by atoms with E-state index in [0.29, 0.717) is 6.07 Å². The van der Waals surface area contributed by atoms with E-state index in [-0.39, 0.29) is 5.56 Å². The number of esters is 1. The van der Waals surface area contributed by atoms with Gasteiger partial charge in [0.2, 0.25) is 0 Å². The number of carbonyl (C=O) groups is 2. The molecule has 0 unspecified atom stereocenters. The fourth-order valence-corrected chi connectivity index (χ4v) is 1.63. The molecular formula is C15H11F3N2O3. The average Bonchev–Trinajstić information content (AvgIpc) is 2.56. The highest BCUT2D eigenvalue weighted by Crippen LogP contribution is 2.20. The summed E-state index contributed by atoms with van der Waals surface area (Å²) in [5, 5.41) is 2.02. The molecule has 0 aliphatic rings. The van der Waals surface area contributed by atoms with Crippen molar-refractivity contribution < 1.29 is 27.5 Å². The number of hydrogen-bond donors (Lipinski definition) is 1. The summed E-state index contributed by atoms with van der Waals surface area (Å²) < 4.78 is 44.3. The maximum Gasteiger partial charge on any atom is 0.339 e. The van der Waals surface area contributed by atoms with Crippen LogP contribution in [0.5, 0.6) is 0 Å². The highest BCUT2D eigenvalue weighted by atomic mass is 19.2. The summed E-state index contributed by atoms with van der Waals surface area (Å²) in [6, 6.07) is 4.31. The van der Waals surface area contributed by atoms with Crippen LogP contribution < -0.4 is 5.32 Å². The lowest BCUT2D eigenvalue weighted by Crippen LogP contribution is -2.30. The van der Waals surface area contributed by atoms with Gasteiger partial charge in [0.1, 0.15) is 0 Å². The molecule has 1 amide bonds. The molecule has 0 aliphatic heterocycles. The van der Waals surface area contributed by atoms with E-state index in [1.807, 2.05) is 5.32 Å². The van der Waals surface area contributed by atoms with Crippen LogP contribution in [0.15, 0.2) is 36.7 Å². The van der Waals surface area contributed by atoms with Gasteiger partial charge in [-0.2, -0.15) is 0 Å². The van der Waals surface area contributed by atoms with Gasteiger partial charge in [0.25, 0.3) is 5.91 Å². The molecule has 0 bridgehead atoms. The standard InChI is InChI=1S/C15H11F3N2O3/c1-8(23-15(22)9-4-6-19-7-5-9)14(21)20-11-3-2-10(16)12(17)13(11)18/h2-8H,1H3,(H,20,21)/t8-/m1/s1. The third-order valence-corrected chi connectivity index (χ3v) is 2.86. The third kappa shape index (κ3) is 3.85. The van der Waals surface area contributed by atoms with Gasteiger partial charge in [-0.1, -0.05) is 0 Å². The second kappa shape index (κ2) is 6.91. The number of aromatic nitrogens is 1. The smallest absolute Gasteiger partial charge is 0.339 e. The lowest BCUT2D eigenvalue weighted by molar-refractivity contribution is -0.123. The Labute approximate surface area is 129 Å². The maximum absolute atomic E-state index is 13.5. The molecule has 120 valence electrons. The van der Waals surface area contributed by atoms with Crippen LogP contribution in [-0.4, -0.2) is 23.0 Å². The van der Waals surface area contributed by atoms with Gasteiger partial charge in [-0.15, -0.1) is 0 Å². The number of hydrogen-bond acceptors (Lipinski definition) is 4. The summed E-state index contributed by atoms with van der Waals surface area (Å²) in [4.78, 5) is 27.3. The molecule has 2 aromatic rings. The van der Waals surface area contributed by atoms with E-state index in [4.69, 9.17) is 4.74 Å². The molecule has 1 N–H and O–H groups in total. The molecule has 5 nitrogen and oxygen atoms in total. The van der Waals surface area contributed by atoms with Crippen molar-refractivity contribution in [2.75, 3.05) is 5.32 Å². The Balaban J connectivity index is 2.03. The van der Waals surface area contributed by atoms with Crippen LogP contribution in [0.4, 0.5) is 18.9 Å². The zero-order chi connectivity index (χ0) is 17.0. The fourth-order valence-electron chi connectivity index (χ4n) is 1.63. The van der Waals surface area contributed by atoms with E-state index in [2.05, 4.69) is 4.98 Å². The molecule has 0 spiro atoms. The number of nitrogens with one attached hydrogen (secondary N) is 1. The van der Waals surface area contributed by atoms with Crippen LogP contribution in [0.1, 0.15) is 17.3 Å². The van der Waals surface area contributed by atoms with E-state index in [1.165, 1.54) is 31.5 Å². The van der Waals surface area contributed by atoms with Crippen LogP contribution in [0.3, 0.4) is 0 Å². The first kappa shape index (κ1) is 16.5. The predicted molar refractivity (Wildman–Crippen MR) is 74.1 cm³/mol. The van der Waals surface area contributed by atoms with Gasteiger partial charge < -0.3 is 10.1 Å². The molecular weight excluding hydrogens is 313 g/mol. The summed E-state index contributed by atoms with van der Waals surface area (Å²) >= 11 is 0. The van der Waals surface area contributed by atoms with Crippen molar-refractivity contribution >= 4 is 17.6 Å². The molecule has 23 heavy (non-hydrogen) atoms. The molecule has 8 heteroatoms.